The Bertz CT molecular complexity index is 1690. The molecule has 1 aliphatic carbocycles. The Hall–Kier alpha value is -4.28. The summed E-state index contributed by atoms with van der Waals surface area (Å²) in [6.07, 6.45) is 0.870. The van der Waals surface area contributed by atoms with Crippen molar-refractivity contribution in [3.63, 3.8) is 0 Å². The number of hydrogen-bond donors (Lipinski definition) is 1. The highest BCUT2D eigenvalue weighted by atomic mass is 35.5. The number of benzene rings is 3. The average molecular weight is 586 g/mol. The summed E-state index contributed by atoms with van der Waals surface area (Å²) in [6.45, 7) is 8.33. The van der Waals surface area contributed by atoms with Crippen molar-refractivity contribution < 1.29 is 18.7 Å². The lowest BCUT2D eigenvalue weighted by Crippen LogP contribution is -2.42. The van der Waals surface area contributed by atoms with Crippen LogP contribution < -0.4 is 20.1 Å². The highest BCUT2D eigenvalue weighted by molar-refractivity contribution is 6.31. The second-order valence-corrected chi connectivity index (χ2v) is 12.1. The molecule has 8 heteroatoms. The Morgan fingerprint density at radius 1 is 1.10 bits per heavy atom. The number of aryl methyl sites for hydroxylation is 1. The molecule has 2 aliphatic rings. The molecule has 0 fully saturated rings. The van der Waals surface area contributed by atoms with E-state index in [0.717, 1.165) is 28.0 Å². The van der Waals surface area contributed by atoms with Crippen LogP contribution in [0.2, 0.25) is 5.02 Å². The van der Waals surface area contributed by atoms with Gasteiger partial charge in [0.2, 0.25) is 0 Å². The molecular formula is C34H33ClFN3O3. The van der Waals surface area contributed by atoms with Crippen LogP contribution in [0.3, 0.4) is 0 Å². The number of nitrogens with two attached hydrogens (primary N) is 1. The number of ketones is 1. The number of nitrogens with zero attached hydrogens (tertiary/aromatic N) is 2. The van der Waals surface area contributed by atoms with Crippen LogP contribution in [0.25, 0.3) is 0 Å². The van der Waals surface area contributed by atoms with Gasteiger partial charge in [0.15, 0.2) is 5.78 Å². The fourth-order valence-corrected chi connectivity index (χ4v) is 6.16. The second kappa shape index (κ2) is 11.2. The molecule has 1 heterocycles. The number of halogens is 2. The summed E-state index contributed by atoms with van der Waals surface area (Å²) in [4.78, 5) is 15.7. The molecule has 3 aromatic carbocycles. The zero-order valence-corrected chi connectivity index (χ0v) is 25.1. The third-order valence-electron chi connectivity index (χ3n) is 8.01. The lowest BCUT2D eigenvalue weighted by molar-refractivity contribution is -0.118. The number of carbonyl (C=O) groups excluding carboxylic acids is 1. The van der Waals surface area contributed by atoms with Crippen LogP contribution in [0.1, 0.15) is 54.9 Å². The van der Waals surface area contributed by atoms with E-state index in [0.29, 0.717) is 42.2 Å². The normalized spacial score (nSPS) is 18.1. The van der Waals surface area contributed by atoms with Gasteiger partial charge in [-0.25, -0.2) is 4.39 Å². The van der Waals surface area contributed by atoms with E-state index in [1.807, 2.05) is 58.0 Å². The molecule has 1 aliphatic heterocycles. The van der Waals surface area contributed by atoms with E-state index in [4.69, 9.17) is 26.8 Å². The first kappa shape index (κ1) is 29.2. The van der Waals surface area contributed by atoms with Gasteiger partial charge in [-0.05, 0) is 84.8 Å². The SMILES string of the molecule is COc1ccc(OCc2cc(C)cc(C3C(C#N)=C(N)N(c4ccc(F)c(Cl)c4)C4=C3C(=O)CC(C)(C)C4)c2C)cc1. The zero-order chi connectivity index (χ0) is 30.3. The van der Waals surface area contributed by atoms with Crippen LogP contribution >= 0.6 is 11.6 Å². The number of methoxy groups -OCH3 is 1. The van der Waals surface area contributed by atoms with E-state index in [1.165, 1.54) is 12.1 Å². The van der Waals surface area contributed by atoms with E-state index in [9.17, 15) is 14.4 Å². The monoisotopic (exact) mass is 585 g/mol. The number of nitriles is 1. The molecule has 1 unspecified atom stereocenters. The highest BCUT2D eigenvalue weighted by Crippen LogP contribution is 2.51. The van der Waals surface area contributed by atoms with Crippen molar-refractivity contribution in [2.24, 2.45) is 11.1 Å². The van der Waals surface area contributed by atoms with Gasteiger partial charge in [0.05, 0.1) is 29.7 Å². The van der Waals surface area contributed by atoms with Crippen molar-refractivity contribution in [3.05, 3.63) is 110 Å². The Kier molecular flexibility index (Phi) is 7.78. The minimum atomic E-state index is -0.652. The van der Waals surface area contributed by atoms with Crippen LogP contribution in [0.4, 0.5) is 10.1 Å². The molecule has 42 heavy (non-hydrogen) atoms. The van der Waals surface area contributed by atoms with Crippen LogP contribution in [-0.4, -0.2) is 12.9 Å². The van der Waals surface area contributed by atoms with Gasteiger partial charge in [0.25, 0.3) is 0 Å². The number of anilines is 1. The van der Waals surface area contributed by atoms with Crippen molar-refractivity contribution in [1.29, 1.82) is 5.26 Å². The maximum atomic E-state index is 14.1. The van der Waals surface area contributed by atoms with Gasteiger partial charge in [-0.15, -0.1) is 0 Å². The van der Waals surface area contributed by atoms with Crippen LogP contribution in [-0.2, 0) is 11.4 Å². The van der Waals surface area contributed by atoms with Gasteiger partial charge in [0.1, 0.15) is 29.7 Å². The first-order valence-electron chi connectivity index (χ1n) is 13.7. The molecule has 5 rings (SSSR count). The van der Waals surface area contributed by atoms with Crippen molar-refractivity contribution in [2.45, 2.75) is 53.1 Å². The summed E-state index contributed by atoms with van der Waals surface area (Å²) in [6, 6.07) is 18.0. The van der Waals surface area contributed by atoms with Gasteiger partial charge in [-0.2, -0.15) is 5.26 Å². The van der Waals surface area contributed by atoms with Crippen molar-refractivity contribution in [3.8, 4) is 17.6 Å². The number of ether oxygens (including phenoxy) is 2. The molecule has 0 amide bonds. The number of rotatable bonds is 6. The quantitative estimate of drug-likeness (QED) is 0.320. The van der Waals surface area contributed by atoms with E-state index in [1.54, 1.807) is 18.1 Å². The molecule has 216 valence electrons. The standard InChI is InChI=1S/C34H33ClFN3O3/c1-19-12-21(18-42-24-9-7-23(41-5)8-10-24)20(2)25(13-19)31-26(17-37)33(38)39(22-6-11-28(36)27(35)14-22)29-15-34(3,4)16-30(40)32(29)31/h6-14,31H,15-16,18,38H2,1-5H3. The van der Waals surface area contributed by atoms with Crippen LogP contribution in [0.15, 0.2) is 77.3 Å². The summed E-state index contributed by atoms with van der Waals surface area (Å²) in [5.74, 6) is 0.380. The van der Waals surface area contributed by atoms with Gasteiger partial charge < -0.3 is 15.2 Å². The van der Waals surface area contributed by atoms with E-state index in [-0.39, 0.29) is 27.6 Å². The molecule has 2 N–H and O–H groups in total. The van der Waals surface area contributed by atoms with E-state index < -0.39 is 11.7 Å². The maximum Gasteiger partial charge on any atom is 0.162 e. The lowest BCUT2D eigenvalue weighted by atomic mass is 9.68. The third kappa shape index (κ3) is 5.35. The minimum Gasteiger partial charge on any atom is -0.497 e. The van der Waals surface area contributed by atoms with E-state index in [2.05, 4.69) is 12.1 Å². The fourth-order valence-electron chi connectivity index (χ4n) is 5.99. The molecule has 0 bridgehead atoms. The first-order valence-corrected chi connectivity index (χ1v) is 14.1. The molecular weight excluding hydrogens is 553 g/mol. The van der Waals surface area contributed by atoms with Crippen molar-refractivity contribution in [1.82, 2.24) is 0 Å². The smallest absolute Gasteiger partial charge is 0.162 e. The van der Waals surface area contributed by atoms with Crippen LogP contribution in [0, 0.1) is 36.4 Å². The number of hydrogen-bond acceptors (Lipinski definition) is 6. The summed E-state index contributed by atoms with van der Waals surface area (Å²) in [7, 11) is 1.61. The molecule has 0 aromatic heterocycles. The molecule has 0 radical (unpaired) electrons. The maximum absolute atomic E-state index is 14.1. The van der Waals surface area contributed by atoms with Gasteiger partial charge in [0, 0.05) is 23.4 Å². The Morgan fingerprint density at radius 2 is 1.79 bits per heavy atom. The first-order chi connectivity index (χ1) is 19.9. The average Bonchev–Trinajstić information content (AvgIpc) is 2.94. The van der Waals surface area contributed by atoms with Gasteiger partial charge in [-0.1, -0.05) is 43.1 Å². The van der Waals surface area contributed by atoms with E-state index >= 15 is 0 Å². The Balaban J connectivity index is 1.65. The number of carbonyl (C=O) groups is 1. The van der Waals surface area contributed by atoms with Crippen LogP contribution in [0.5, 0.6) is 11.5 Å². The third-order valence-corrected chi connectivity index (χ3v) is 8.30. The summed E-state index contributed by atoms with van der Waals surface area (Å²) >= 11 is 6.16. The molecule has 1 atom stereocenters. The summed E-state index contributed by atoms with van der Waals surface area (Å²) in [5.41, 5.74) is 12.1. The number of allylic oxidation sites excluding steroid dienone is 3. The predicted molar refractivity (Wildman–Crippen MR) is 162 cm³/mol. The molecule has 3 aromatic rings. The topological polar surface area (TPSA) is 88.6 Å². The van der Waals surface area contributed by atoms with Gasteiger partial charge >= 0.3 is 0 Å². The Morgan fingerprint density at radius 3 is 2.43 bits per heavy atom. The second-order valence-electron chi connectivity index (χ2n) is 11.7. The van der Waals surface area contributed by atoms with Crippen molar-refractivity contribution >= 4 is 23.1 Å². The predicted octanol–water partition coefficient (Wildman–Crippen LogP) is 7.62. The summed E-state index contributed by atoms with van der Waals surface area (Å²) < 4.78 is 25.4. The van der Waals surface area contributed by atoms with Gasteiger partial charge in [-0.3, -0.25) is 9.69 Å². The molecule has 0 saturated carbocycles. The minimum absolute atomic E-state index is 0.0401. The number of Topliss-reactive ketones (excluding diaryl/α,β-unsaturated/α-hetero) is 1. The zero-order valence-electron chi connectivity index (χ0n) is 24.3. The molecule has 0 spiro atoms. The molecule has 0 saturated heterocycles. The van der Waals surface area contributed by atoms with Crippen molar-refractivity contribution in [2.75, 3.05) is 12.0 Å². The summed E-state index contributed by atoms with van der Waals surface area (Å²) in [5, 5.41) is 10.4. The fraction of sp³-hybridized carbons (Fsp3) is 0.294. The lowest BCUT2D eigenvalue weighted by Gasteiger charge is -2.44. The Labute approximate surface area is 250 Å². The largest absolute Gasteiger partial charge is 0.497 e. The highest BCUT2D eigenvalue weighted by Gasteiger charge is 2.45. The molecule has 6 nitrogen and oxygen atoms in total.